The highest BCUT2D eigenvalue weighted by Crippen LogP contribution is 2.33. The van der Waals surface area contributed by atoms with Crippen molar-refractivity contribution in [3.8, 4) is 0 Å². The molecule has 114 valence electrons. The third-order valence-electron chi connectivity index (χ3n) is 3.14. The van der Waals surface area contributed by atoms with E-state index in [2.05, 4.69) is 5.32 Å². The van der Waals surface area contributed by atoms with Crippen LogP contribution in [-0.4, -0.2) is 4.92 Å². The smallest absolute Gasteiger partial charge is 0.272 e. The molecule has 0 aliphatic carbocycles. The highest BCUT2D eigenvalue weighted by molar-refractivity contribution is 7.99. The molecule has 3 rings (SSSR count). The molecule has 0 spiro atoms. The van der Waals surface area contributed by atoms with Gasteiger partial charge in [-0.2, -0.15) is 0 Å². The van der Waals surface area contributed by atoms with Gasteiger partial charge in [-0.3, -0.25) is 10.1 Å². The SMILES string of the molecule is O=[N+]([O-])c1cc(Nc2ccccc2)cc(Sc2ccccc2)c1. The van der Waals surface area contributed by atoms with Crippen LogP contribution in [0, 0.1) is 10.1 Å². The van der Waals surface area contributed by atoms with Gasteiger partial charge in [-0.25, -0.2) is 0 Å². The Morgan fingerprint density at radius 1 is 0.783 bits per heavy atom. The van der Waals surface area contributed by atoms with Gasteiger partial charge in [-0.1, -0.05) is 48.2 Å². The summed E-state index contributed by atoms with van der Waals surface area (Å²) in [5, 5.41) is 14.4. The fourth-order valence-corrected chi connectivity index (χ4v) is 3.06. The topological polar surface area (TPSA) is 55.2 Å². The minimum Gasteiger partial charge on any atom is -0.355 e. The second-order valence-electron chi connectivity index (χ2n) is 4.88. The van der Waals surface area contributed by atoms with Crippen LogP contribution in [0.1, 0.15) is 0 Å². The van der Waals surface area contributed by atoms with Crippen molar-refractivity contribution in [2.75, 3.05) is 5.32 Å². The highest BCUT2D eigenvalue weighted by Gasteiger charge is 2.11. The normalized spacial score (nSPS) is 10.3. The zero-order chi connectivity index (χ0) is 16.1. The van der Waals surface area contributed by atoms with E-state index in [1.807, 2.05) is 66.7 Å². The van der Waals surface area contributed by atoms with Gasteiger partial charge in [0.05, 0.1) is 4.92 Å². The maximum absolute atomic E-state index is 11.2. The van der Waals surface area contributed by atoms with E-state index in [9.17, 15) is 10.1 Å². The second-order valence-corrected chi connectivity index (χ2v) is 6.03. The molecule has 5 heteroatoms. The molecule has 0 aliphatic heterocycles. The molecule has 0 radical (unpaired) electrons. The molecule has 0 fully saturated rings. The van der Waals surface area contributed by atoms with Gasteiger partial charge in [0.2, 0.25) is 0 Å². The van der Waals surface area contributed by atoms with Gasteiger partial charge in [0.25, 0.3) is 5.69 Å². The van der Waals surface area contributed by atoms with Crippen molar-refractivity contribution >= 4 is 28.8 Å². The molecule has 0 atom stereocenters. The number of benzene rings is 3. The van der Waals surface area contributed by atoms with E-state index in [0.29, 0.717) is 5.69 Å². The summed E-state index contributed by atoms with van der Waals surface area (Å²) >= 11 is 1.50. The van der Waals surface area contributed by atoms with Gasteiger partial charge < -0.3 is 5.32 Å². The Balaban J connectivity index is 1.91. The second kappa shape index (κ2) is 6.98. The lowest BCUT2D eigenvalue weighted by Crippen LogP contribution is -1.94. The summed E-state index contributed by atoms with van der Waals surface area (Å²) in [4.78, 5) is 12.7. The van der Waals surface area contributed by atoms with Crippen LogP contribution in [0.5, 0.6) is 0 Å². The zero-order valence-electron chi connectivity index (χ0n) is 12.2. The number of nitro groups is 1. The maximum atomic E-state index is 11.2. The zero-order valence-corrected chi connectivity index (χ0v) is 13.0. The quantitative estimate of drug-likeness (QED) is 0.498. The largest absolute Gasteiger partial charge is 0.355 e. The van der Waals surface area contributed by atoms with Crippen LogP contribution < -0.4 is 5.32 Å². The van der Waals surface area contributed by atoms with E-state index in [1.165, 1.54) is 11.8 Å². The number of para-hydroxylation sites is 1. The summed E-state index contributed by atoms with van der Waals surface area (Å²) in [7, 11) is 0. The van der Waals surface area contributed by atoms with Crippen molar-refractivity contribution in [1.29, 1.82) is 0 Å². The van der Waals surface area contributed by atoms with Crippen LogP contribution in [0.3, 0.4) is 0 Å². The van der Waals surface area contributed by atoms with Crippen LogP contribution in [0.25, 0.3) is 0 Å². The molecule has 3 aromatic carbocycles. The Hall–Kier alpha value is -2.79. The first-order valence-corrected chi connectivity index (χ1v) is 7.87. The van der Waals surface area contributed by atoms with Crippen molar-refractivity contribution in [1.82, 2.24) is 0 Å². The summed E-state index contributed by atoms with van der Waals surface area (Å²) in [5.74, 6) is 0. The van der Waals surface area contributed by atoms with Gasteiger partial charge in [0.15, 0.2) is 0 Å². The number of anilines is 2. The molecule has 0 unspecified atom stereocenters. The number of nitro benzene ring substituents is 1. The molecule has 0 bridgehead atoms. The first kappa shape index (κ1) is 15.1. The molecule has 3 aromatic rings. The fraction of sp³-hybridized carbons (Fsp3) is 0. The van der Waals surface area contributed by atoms with Crippen molar-refractivity contribution in [2.24, 2.45) is 0 Å². The Morgan fingerprint density at radius 2 is 1.43 bits per heavy atom. The first-order valence-electron chi connectivity index (χ1n) is 7.05. The summed E-state index contributed by atoms with van der Waals surface area (Å²) in [6, 6.07) is 24.4. The summed E-state index contributed by atoms with van der Waals surface area (Å²) < 4.78 is 0. The van der Waals surface area contributed by atoms with E-state index in [1.54, 1.807) is 12.1 Å². The molecule has 23 heavy (non-hydrogen) atoms. The lowest BCUT2D eigenvalue weighted by molar-refractivity contribution is -0.385. The van der Waals surface area contributed by atoms with Gasteiger partial charge in [-0.05, 0) is 30.3 Å². The van der Waals surface area contributed by atoms with E-state index in [-0.39, 0.29) is 10.6 Å². The van der Waals surface area contributed by atoms with Gasteiger partial charge >= 0.3 is 0 Å². The van der Waals surface area contributed by atoms with Crippen LogP contribution in [0.4, 0.5) is 17.1 Å². The van der Waals surface area contributed by atoms with E-state index in [0.717, 1.165) is 15.5 Å². The Kier molecular flexibility index (Phi) is 4.59. The lowest BCUT2D eigenvalue weighted by atomic mass is 10.2. The summed E-state index contributed by atoms with van der Waals surface area (Å²) in [6.07, 6.45) is 0. The molecule has 0 amide bonds. The fourth-order valence-electron chi connectivity index (χ4n) is 2.13. The maximum Gasteiger partial charge on any atom is 0.272 e. The van der Waals surface area contributed by atoms with Crippen LogP contribution >= 0.6 is 11.8 Å². The first-order chi connectivity index (χ1) is 11.2. The molecule has 0 saturated carbocycles. The number of rotatable bonds is 5. The molecule has 0 aromatic heterocycles. The van der Waals surface area contributed by atoms with E-state index < -0.39 is 0 Å². The number of non-ortho nitro benzene ring substituents is 1. The number of nitrogens with zero attached hydrogens (tertiary/aromatic N) is 1. The van der Waals surface area contributed by atoms with Crippen molar-refractivity contribution in [3.05, 3.63) is 89.0 Å². The standard InChI is InChI=1S/C18H14N2O2S/c21-20(22)16-11-15(19-14-7-3-1-4-8-14)12-18(13-16)23-17-9-5-2-6-10-17/h1-13,19H. The molecular weight excluding hydrogens is 308 g/mol. The Labute approximate surface area is 138 Å². The molecular formula is C18H14N2O2S. The third-order valence-corrected chi connectivity index (χ3v) is 4.12. The molecule has 0 aliphatic rings. The van der Waals surface area contributed by atoms with Gasteiger partial charge in [0, 0.05) is 33.3 Å². The Morgan fingerprint density at radius 3 is 2.09 bits per heavy atom. The predicted octanol–water partition coefficient (Wildman–Crippen LogP) is 5.49. The minimum absolute atomic E-state index is 0.0735. The minimum atomic E-state index is -0.370. The summed E-state index contributed by atoms with van der Waals surface area (Å²) in [6.45, 7) is 0. The summed E-state index contributed by atoms with van der Waals surface area (Å²) in [5.41, 5.74) is 1.66. The monoisotopic (exact) mass is 322 g/mol. The average Bonchev–Trinajstić information content (AvgIpc) is 2.56. The van der Waals surface area contributed by atoms with Crippen LogP contribution in [-0.2, 0) is 0 Å². The number of hydrogen-bond acceptors (Lipinski definition) is 4. The highest BCUT2D eigenvalue weighted by atomic mass is 32.2. The number of hydrogen-bond donors (Lipinski definition) is 1. The van der Waals surface area contributed by atoms with Crippen LogP contribution in [0.15, 0.2) is 88.7 Å². The molecule has 1 N–H and O–H groups in total. The van der Waals surface area contributed by atoms with Crippen molar-refractivity contribution < 1.29 is 4.92 Å². The van der Waals surface area contributed by atoms with Gasteiger partial charge in [0.1, 0.15) is 0 Å². The third kappa shape index (κ3) is 4.11. The van der Waals surface area contributed by atoms with Crippen LogP contribution in [0.2, 0.25) is 0 Å². The molecule has 4 nitrogen and oxygen atoms in total. The average molecular weight is 322 g/mol. The van der Waals surface area contributed by atoms with Crippen molar-refractivity contribution in [3.63, 3.8) is 0 Å². The lowest BCUT2D eigenvalue weighted by Gasteiger charge is -2.09. The molecule has 0 heterocycles. The molecule has 0 saturated heterocycles. The van der Waals surface area contributed by atoms with Gasteiger partial charge in [-0.15, -0.1) is 0 Å². The van der Waals surface area contributed by atoms with E-state index >= 15 is 0 Å². The predicted molar refractivity (Wildman–Crippen MR) is 93.4 cm³/mol. The van der Waals surface area contributed by atoms with Crippen molar-refractivity contribution in [2.45, 2.75) is 9.79 Å². The Bertz CT molecular complexity index is 748. The van der Waals surface area contributed by atoms with E-state index in [4.69, 9.17) is 0 Å². The number of nitrogens with one attached hydrogen (secondary N) is 1.